The highest BCUT2D eigenvalue weighted by atomic mass is 35.5. The number of nitrogens with zero attached hydrogens (tertiary/aromatic N) is 2. The molecular formula is C23H27ClN4O4S. The van der Waals surface area contributed by atoms with E-state index in [1.54, 1.807) is 24.1 Å². The molecule has 0 saturated heterocycles. The number of benzene rings is 2. The molecule has 176 valence electrons. The fraction of sp³-hybridized carbons (Fsp3) is 0.304. The van der Waals surface area contributed by atoms with E-state index in [0.29, 0.717) is 12.3 Å². The molecule has 2 N–H and O–H groups in total. The molecule has 1 aliphatic rings. The van der Waals surface area contributed by atoms with E-state index in [4.69, 9.17) is 16.3 Å². The molecule has 0 radical (unpaired) electrons. The lowest BCUT2D eigenvalue weighted by atomic mass is 10.1. The van der Waals surface area contributed by atoms with Gasteiger partial charge in [0.05, 0.1) is 23.6 Å². The molecule has 0 aliphatic carbocycles. The number of carbonyl (C=O) groups is 1. The molecule has 2 aromatic rings. The quantitative estimate of drug-likeness (QED) is 0.391. The van der Waals surface area contributed by atoms with Crippen molar-refractivity contribution in [2.45, 2.75) is 11.4 Å². The van der Waals surface area contributed by atoms with Crippen molar-refractivity contribution in [2.75, 3.05) is 39.7 Å². The first-order valence-corrected chi connectivity index (χ1v) is 12.4. The number of ether oxygens (including phenoxy) is 1. The number of amidine groups is 1. The molecule has 1 amide bonds. The summed E-state index contributed by atoms with van der Waals surface area (Å²) >= 11 is 6.06. The smallest absolute Gasteiger partial charge is 0.246 e. The van der Waals surface area contributed by atoms with E-state index in [-0.39, 0.29) is 28.2 Å². The third kappa shape index (κ3) is 6.80. The topological polar surface area (TPSA) is 100 Å². The third-order valence-electron chi connectivity index (χ3n) is 4.99. The van der Waals surface area contributed by atoms with Gasteiger partial charge in [-0.3, -0.25) is 15.1 Å². The average Bonchev–Trinajstić information content (AvgIpc) is 3.33. The Balaban J connectivity index is 1.45. The molecule has 0 bridgehead atoms. The molecule has 0 atom stereocenters. The van der Waals surface area contributed by atoms with Crippen molar-refractivity contribution in [3.05, 3.63) is 70.8 Å². The minimum Gasteiger partial charge on any atom is -0.497 e. The number of sulfone groups is 1. The number of carbonyl (C=O) groups excluding carboxylic acids is 1. The molecule has 1 aliphatic heterocycles. The highest BCUT2D eigenvalue weighted by molar-refractivity contribution is 7.91. The van der Waals surface area contributed by atoms with Gasteiger partial charge in [-0.1, -0.05) is 41.9 Å². The number of rotatable bonds is 10. The summed E-state index contributed by atoms with van der Waals surface area (Å²) in [6.07, 6.45) is 3.02. The predicted octanol–water partition coefficient (Wildman–Crippen LogP) is 2.23. The minimum atomic E-state index is -3.62. The van der Waals surface area contributed by atoms with Crippen LogP contribution in [0.1, 0.15) is 11.1 Å². The van der Waals surface area contributed by atoms with Crippen molar-refractivity contribution in [1.29, 1.82) is 0 Å². The average molecular weight is 491 g/mol. The van der Waals surface area contributed by atoms with Gasteiger partial charge in [-0.25, -0.2) is 8.42 Å². The van der Waals surface area contributed by atoms with Gasteiger partial charge in [-0.05, 0) is 17.7 Å². The van der Waals surface area contributed by atoms with E-state index < -0.39 is 9.84 Å². The van der Waals surface area contributed by atoms with Crippen LogP contribution in [0.2, 0.25) is 5.02 Å². The van der Waals surface area contributed by atoms with Gasteiger partial charge in [-0.15, -0.1) is 0 Å². The van der Waals surface area contributed by atoms with Gasteiger partial charge in [0.2, 0.25) is 5.91 Å². The van der Waals surface area contributed by atoms with Crippen molar-refractivity contribution in [3.63, 3.8) is 0 Å². The number of hydrogen-bond acceptors (Lipinski definition) is 7. The third-order valence-corrected chi connectivity index (χ3v) is 7.02. The molecule has 1 heterocycles. The summed E-state index contributed by atoms with van der Waals surface area (Å²) in [5.41, 5.74) is 2.03. The SMILES string of the molecule is COc1ccc(S(=O)(=O)CNCC=CC(=O)N(C)Cc2ccc(C3=NCCN3)cc2)c(Cl)c1. The zero-order valence-electron chi connectivity index (χ0n) is 18.5. The Hall–Kier alpha value is -2.88. The largest absolute Gasteiger partial charge is 0.497 e. The van der Waals surface area contributed by atoms with Crippen LogP contribution >= 0.6 is 11.6 Å². The maximum Gasteiger partial charge on any atom is 0.246 e. The summed E-state index contributed by atoms with van der Waals surface area (Å²) in [5, 5.41) is 6.14. The van der Waals surface area contributed by atoms with E-state index in [1.165, 1.54) is 25.3 Å². The van der Waals surface area contributed by atoms with Crippen LogP contribution in [0.5, 0.6) is 5.75 Å². The zero-order valence-corrected chi connectivity index (χ0v) is 20.1. The molecule has 10 heteroatoms. The monoisotopic (exact) mass is 490 g/mol. The highest BCUT2D eigenvalue weighted by Crippen LogP contribution is 2.26. The Bertz CT molecular complexity index is 1150. The van der Waals surface area contributed by atoms with Gasteiger partial charge in [-0.2, -0.15) is 0 Å². The number of aliphatic imine (C=N–C) groups is 1. The van der Waals surface area contributed by atoms with Crippen LogP contribution in [0.3, 0.4) is 0 Å². The molecule has 8 nitrogen and oxygen atoms in total. The Morgan fingerprint density at radius 3 is 2.67 bits per heavy atom. The Morgan fingerprint density at radius 2 is 2.03 bits per heavy atom. The van der Waals surface area contributed by atoms with E-state index >= 15 is 0 Å². The normalized spacial score (nSPS) is 13.6. The second-order valence-electron chi connectivity index (χ2n) is 7.46. The zero-order chi connectivity index (χ0) is 23.8. The standard InChI is InChI=1S/C23H27ClN4O4S/c1-28(15-17-5-7-18(8-6-17)23-26-12-13-27-23)22(29)4-3-11-25-16-33(30,31)21-10-9-19(32-2)14-20(21)24/h3-10,14,25H,11-13,15-16H2,1-2H3,(H,26,27). The van der Waals surface area contributed by atoms with Gasteiger partial charge in [0.1, 0.15) is 17.5 Å². The number of likely N-dealkylation sites (N-methyl/N-ethyl adjacent to an activating group) is 1. The summed E-state index contributed by atoms with van der Waals surface area (Å²) in [6, 6.07) is 12.3. The summed E-state index contributed by atoms with van der Waals surface area (Å²) in [6.45, 7) is 2.32. The maximum atomic E-state index is 12.5. The lowest BCUT2D eigenvalue weighted by Crippen LogP contribution is -2.26. The molecule has 0 saturated carbocycles. The number of halogens is 1. The molecule has 3 rings (SSSR count). The van der Waals surface area contributed by atoms with E-state index in [9.17, 15) is 13.2 Å². The Labute approximate surface area is 199 Å². The molecule has 2 aromatic carbocycles. The summed E-state index contributed by atoms with van der Waals surface area (Å²) in [7, 11) is -0.430. The molecule has 0 fully saturated rings. The van der Waals surface area contributed by atoms with Crippen LogP contribution in [0.15, 0.2) is 64.5 Å². The summed E-state index contributed by atoms with van der Waals surface area (Å²) in [4.78, 5) is 18.4. The van der Waals surface area contributed by atoms with Crippen LogP contribution in [0, 0.1) is 0 Å². The fourth-order valence-corrected chi connectivity index (χ4v) is 4.91. The van der Waals surface area contributed by atoms with Gasteiger partial charge in [0.15, 0.2) is 9.84 Å². The second kappa shape index (κ2) is 11.3. The first-order chi connectivity index (χ1) is 15.8. The molecule has 0 unspecified atom stereocenters. The van der Waals surface area contributed by atoms with Gasteiger partial charge in [0.25, 0.3) is 0 Å². The van der Waals surface area contributed by atoms with Crippen LogP contribution in [-0.4, -0.2) is 64.7 Å². The van der Waals surface area contributed by atoms with Gasteiger partial charge in [0, 0.05) is 44.4 Å². The molecule has 33 heavy (non-hydrogen) atoms. The Morgan fingerprint density at radius 1 is 1.27 bits per heavy atom. The van der Waals surface area contributed by atoms with E-state index in [1.807, 2.05) is 24.3 Å². The first-order valence-electron chi connectivity index (χ1n) is 10.4. The lowest BCUT2D eigenvalue weighted by Gasteiger charge is -2.15. The predicted molar refractivity (Wildman–Crippen MR) is 130 cm³/mol. The fourth-order valence-electron chi connectivity index (χ4n) is 3.21. The summed E-state index contributed by atoms with van der Waals surface area (Å²) < 4.78 is 30.0. The highest BCUT2D eigenvalue weighted by Gasteiger charge is 2.18. The van der Waals surface area contributed by atoms with Crippen LogP contribution < -0.4 is 15.4 Å². The van der Waals surface area contributed by atoms with Crippen LogP contribution in [0.4, 0.5) is 0 Å². The number of hydrogen-bond donors (Lipinski definition) is 2. The van der Waals surface area contributed by atoms with E-state index in [2.05, 4.69) is 15.6 Å². The van der Waals surface area contributed by atoms with Gasteiger partial charge >= 0.3 is 0 Å². The van der Waals surface area contributed by atoms with Crippen molar-refractivity contribution in [1.82, 2.24) is 15.5 Å². The van der Waals surface area contributed by atoms with Crippen molar-refractivity contribution in [3.8, 4) is 5.75 Å². The number of methoxy groups -OCH3 is 1. The maximum absolute atomic E-state index is 12.5. The van der Waals surface area contributed by atoms with Crippen molar-refractivity contribution < 1.29 is 17.9 Å². The van der Waals surface area contributed by atoms with E-state index in [0.717, 1.165) is 30.1 Å². The number of amides is 1. The molecule has 0 spiro atoms. The van der Waals surface area contributed by atoms with Crippen molar-refractivity contribution in [2.24, 2.45) is 4.99 Å². The molecule has 0 aromatic heterocycles. The second-order valence-corrected chi connectivity index (χ2v) is 9.83. The number of nitrogens with one attached hydrogen (secondary N) is 2. The van der Waals surface area contributed by atoms with Crippen molar-refractivity contribution >= 4 is 33.2 Å². The Kier molecular flexibility index (Phi) is 8.49. The van der Waals surface area contributed by atoms with Crippen LogP contribution in [0.25, 0.3) is 0 Å². The van der Waals surface area contributed by atoms with Crippen LogP contribution in [-0.2, 0) is 21.2 Å². The van der Waals surface area contributed by atoms with Gasteiger partial charge < -0.3 is 15.0 Å². The first kappa shape index (κ1) is 24.8. The summed E-state index contributed by atoms with van der Waals surface area (Å²) in [5.74, 6) is 0.898. The molecular weight excluding hydrogens is 464 g/mol. The lowest BCUT2D eigenvalue weighted by molar-refractivity contribution is -0.125. The minimum absolute atomic E-state index is 0.0269.